The normalized spacial score (nSPS) is 18.3. The summed E-state index contributed by atoms with van der Waals surface area (Å²) in [5.74, 6) is 0.0417. The number of anilines is 1. The maximum absolute atomic E-state index is 13.6. The predicted molar refractivity (Wildman–Crippen MR) is 137 cm³/mol. The largest absolute Gasteiger partial charge is 0.496 e. The fraction of sp³-hybridized carbons (Fsp3) is 0.440. The van der Waals surface area contributed by atoms with Crippen LogP contribution in [-0.2, 0) is 32.6 Å². The van der Waals surface area contributed by atoms with E-state index in [0.29, 0.717) is 61.2 Å². The van der Waals surface area contributed by atoms with Crippen LogP contribution >= 0.6 is 15.9 Å². The molecule has 188 valence electrons. The lowest BCUT2D eigenvalue weighted by molar-refractivity contribution is -0.126. The number of piperidine rings is 1. The van der Waals surface area contributed by atoms with Gasteiger partial charge in [0.05, 0.1) is 17.9 Å². The second kappa shape index (κ2) is 10.7. The number of carbonyl (C=O) groups is 2. The number of sulfonamides is 1. The quantitative estimate of drug-likeness (QED) is 0.556. The molecule has 0 radical (unpaired) electrons. The van der Waals surface area contributed by atoms with Crippen LogP contribution in [0.1, 0.15) is 37.3 Å². The molecule has 2 aliphatic rings. The Balaban J connectivity index is 1.50. The number of nitrogens with zero attached hydrogens (tertiary/aromatic N) is 2. The van der Waals surface area contributed by atoms with Gasteiger partial charge in [-0.1, -0.05) is 25.1 Å². The summed E-state index contributed by atoms with van der Waals surface area (Å²) in [5.41, 5.74) is 2.46. The molecule has 4 rings (SSSR count). The molecule has 0 bridgehead atoms. The topological polar surface area (TPSA) is 96.0 Å². The van der Waals surface area contributed by atoms with Crippen LogP contribution in [-0.4, -0.2) is 51.3 Å². The highest BCUT2D eigenvalue weighted by Crippen LogP contribution is 2.37. The summed E-state index contributed by atoms with van der Waals surface area (Å²) in [4.78, 5) is 27.1. The van der Waals surface area contributed by atoms with E-state index in [1.807, 2.05) is 24.3 Å². The molecule has 0 spiro atoms. The molecule has 1 fully saturated rings. The Bertz CT molecular complexity index is 1230. The molecule has 2 heterocycles. The summed E-state index contributed by atoms with van der Waals surface area (Å²) in [5, 5.41) is 2.93. The summed E-state index contributed by atoms with van der Waals surface area (Å²) in [6, 6.07) is 10.9. The van der Waals surface area contributed by atoms with Crippen LogP contribution in [0.2, 0.25) is 0 Å². The fourth-order valence-electron chi connectivity index (χ4n) is 4.73. The average Bonchev–Trinajstić information content (AvgIpc) is 3.29. The number of hydrogen-bond donors (Lipinski definition) is 1. The van der Waals surface area contributed by atoms with Crippen LogP contribution in [0.15, 0.2) is 45.8 Å². The highest BCUT2D eigenvalue weighted by molar-refractivity contribution is 9.10. The third-order valence-corrected chi connectivity index (χ3v) is 9.47. The van der Waals surface area contributed by atoms with Crippen LogP contribution in [0.4, 0.5) is 5.69 Å². The van der Waals surface area contributed by atoms with Crippen molar-refractivity contribution < 1.29 is 22.7 Å². The minimum atomic E-state index is -3.87. The van der Waals surface area contributed by atoms with Gasteiger partial charge in [0.15, 0.2) is 0 Å². The molecule has 2 amide bonds. The minimum absolute atomic E-state index is 0.0285. The molecular weight excluding hydrogens is 534 g/mol. The van der Waals surface area contributed by atoms with Crippen molar-refractivity contribution in [3.63, 3.8) is 0 Å². The van der Waals surface area contributed by atoms with E-state index >= 15 is 0 Å². The lowest BCUT2D eigenvalue weighted by Gasteiger charge is -2.31. The standard InChI is InChI=1S/C25H30BrN3O5S/c1-3-24(30)29-12-10-17-13-20(26)23(14-21(17)29)35(32,33)28-11-6-8-19(16-28)25(31)27-15-18-7-4-5-9-22(18)34-2/h4-5,7,9,13-14,19H,3,6,8,10-12,15-16H2,1-2H3,(H,27,31). The zero-order chi connectivity index (χ0) is 25.2. The number of fused-ring (bicyclic) bond motifs is 1. The summed E-state index contributed by atoms with van der Waals surface area (Å²) >= 11 is 3.43. The number of methoxy groups -OCH3 is 1. The van der Waals surface area contributed by atoms with Crippen molar-refractivity contribution in [2.45, 2.75) is 44.0 Å². The van der Waals surface area contributed by atoms with Gasteiger partial charge in [-0.05, 0) is 59.0 Å². The molecule has 2 aliphatic heterocycles. The van der Waals surface area contributed by atoms with Crippen LogP contribution in [0.5, 0.6) is 5.75 Å². The summed E-state index contributed by atoms with van der Waals surface area (Å²) in [6.07, 6.45) is 2.26. The highest BCUT2D eigenvalue weighted by Gasteiger charge is 2.36. The molecule has 2 aromatic carbocycles. The summed E-state index contributed by atoms with van der Waals surface area (Å²) in [7, 11) is -2.28. The third-order valence-electron chi connectivity index (χ3n) is 6.65. The Kier molecular flexibility index (Phi) is 7.83. The Labute approximate surface area is 214 Å². The van der Waals surface area contributed by atoms with Crippen molar-refractivity contribution in [2.75, 3.05) is 31.6 Å². The molecule has 1 N–H and O–H groups in total. The van der Waals surface area contributed by atoms with E-state index in [4.69, 9.17) is 4.74 Å². The number of rotatable bonds is 7. The average molecular weight is 565 g/mol. The van der Waals surface area contributed by atoms with Gasteiger partial charge in [-0.2, -0.15) is 4.31 Å². The Hall–Kier alpha value is -2.43. The van der Waals surface area contributed by atoms with E-state index < -0.39 is 15.9 Å². The van der Waals surface area contributed by atoms with E-state index in [2.05, 4.69) is 21.2 Å². The van der Waals surface area contributed by atoms with Crippen molar-refractivity contribution in [1.82, 2.24) is 9.62 Å². The second-order valence-electron chi connectivity index (χ2n) is 8.79. The van der Waals surface area contributed by atoms with Crippen molar-refractivity contribution >= 4 is 43.5 Å². The first-order valence-corrected chi connectivity index (χ1v) is 14.0. The molecular formula is C25H30BrN3O5S. The van der Waals surface area contributed by atoms with Crippen LogP contribution in [0.25, 0.3) is 0 Å². The molecule has 8 nitrogen and oxygen atoms in total. The van der Waals surface area contributed by atoms with E-state index in [0.717, 1.165) is 11.1 Å². The van der Waals surface area contributed by atoms with Gasteiger partial charge in [0, 0.05) is 48.3 Å². The molecule has 1 saturated heterocycles. The monoisotopic (exact) mass is 563 g/mol. The van der Waals surface area contributed by atoms with Gasteiger partial charge in [0.2, 0.25) is 21.8 Å². The molecule has 2 aromatic rings. The van der Waals surface area contributed by atoms with Crippen LogP contribution in [0, 0.1) is 5.92 Å². The van der Waals surface area contributed by atoms with E-state index in [1.165, 1.54) is 4.31 Å². The second-order valence-corrected chi connectivity index (χ2v) is 11.6. The summed E-state index contributed by atoms with van der Waals surface area (Å²) in [6.45, 7) is 3.12. The number of halogens is 1. The van der Waals surface area contributed by atoms with Gasteiger partial charge in [0.1, 0.15) is 5.75 Å². The van der Waals surface area contributed by atoms with Gasteiger partial charge >= 0.3 is 0 Å². The van der Waals surface area contributed by atoms with Crippen molar-refractivity contribution in [3.05, 3.63) is 52.0 Å². The molecule has 1 unspecified atom stereocenters. The molecule has 1 atom stereocenters. The maximum Gasteiger partial charge on any atom is 0.244 e. The zero-order valence-corrected chi connectivity index (χ0v) is 22.3. The molecule has 10 heteroatoms. The lowest BCUT2D eigenvalue weighted by atomic mass is 9.98. The molecule has 35 heavy (non-hydrogen) atoms. The summed E-state index contributed by atoms with van der Waals surface area (Å²) < 4.78 is 34.5. The van der Waals surface area contributed by atoms with Gasteiger partial charge in [-0.3, -0.25) is 9.59 Å². The van der Waals surface area contributed by atoms with Gasteiger partial charge < -0.3 is 15.0 Å². The first-order valence-electron chi connectivity index (χ1n) is 11.8. The number of nitrogens with one attached hydrogen (secondary N) is 1. The van der Waals surface area contributed by atoms with Crippen LogP contribution in [0.3, 0.4) is 0 Å². The van der Waals surface area contributed by atoms with Gasteiger partial charge in [0.25, 0.3) is 0 Å². The first-order chi connectivity index (χ1) is 16.8. The third kappa shape index (κ3) is 5.24. The number of amides is 2. The number of carbonyl (C=O) groups excluding carboxylic acids is 2. The fourth-order valence-corrected chi connectivity index (χ4v) is 7.32. The number of benzene rings is 2. The minimum Gasteiger partial charge on any atom is -0.496 e. The first kappa shape index (κ1) is 25.7. The molecule has 0 saturated carbocycles. The molecule has 0 aromatic heterocycles. The Morgan fingerprint density at radius 3 is 2.71 bits per heavy atom. The SMILES string of the molecule is CCC(=O)N1CCc2cc(Br)c(S(=O)(=O)N3CCCC(C(=O)NCc4ccccc4OC)C3)cc21. The maximum atomic E-state index is 13.6. The number of hydrogen-bond acceptors (Lipinski definition) is 5. The lowest BCUT2D eigenvalue weighted by Crippen LogP contribution is -2.45. The Morgan fingerprint density at radius 2 is 1.97 bits per heavy atom. The van der Waals surface area contributed by atoms with Crippen molar-refractivity contribution in [1.29, 1.82) is 0 Å². The Morgan fingerprint density at radius 1 is 1.20 bits per heavy atom. The van der Waals surface area contributed by atoms with Crippen LogP contribution < -0.4 is 15.0 Å². The van der Waals surface area contributed by atoms with Crippen molar-refractivity contribution in [2.24, 2.45) is 5.92 Å². The van der Waals surface area contributed by atoms with E-state index in [1.54, 1.807) is 31.1 Å². The van der Waals surface area contributed by atoms with E-state index in [9.17, 15) is 18.0 Å². The number of ether oxygens (including phenoxy) is 1. The molecule has 0 aliphatic carbocycles. The smallest absolute Gasteiger partial charge is 0.244 e. The zero-order valence-electron chi connectivity index (χ0n) is 19.9. The van der Waals surface area contributed by atoms with Gasteiger partial charge in [-0.25, -0.2) is 8.42 Å². The van der Waals surface area contributed by atoms with Crippen molar-refractivity contribution in [3.8, 4) is 5.75 Å². The number of para-hydroxylation sites is 1. The van der Waals surface area contributed by atoms with E-state index in [-0.39, 0.29) is 23.3 Å². The predicted octanol–water partition coefficient (Wildman–Crippen LogP) is 3.47. The van der Waals surface area contributed by atoms with Gasteiger partial charge in [-0.15, -0.1) is 0 Å². The highest BCUT2D eigenvalue weighted by atomic mass is 79.9.